The predicted octanol–water partition coefficient (Wildman–Crippen LogP) is 3.81. The van der Waals surface area contributed by atoms with Gasteiger partial charge in [0.05, 0.1) is 5.69 Å². The van der Waals surface area contributed by atoms with Crippen LogP contribution in [0.15, 0.2) is 35.2 Å². The lowest BCUT2D eigenvalue weighted by atomic mass is 10.1. The normalized spacial score (nSPS) is 10.8. The summed E-state index contributed by atoms with van der Waals surface area (Å²) in [5.41, 5.74) is 2.49. The summed E-state index contributed by atoms with van der Waals surface area (Å²) in [6.45, 7) is 1.88. The highest BCUT2D eigenvalue weighted by Crippen LogP contribution is 2.27. The third-order valence-corrected chi connectivity index (χ3v) is 3.18. The smallest absolute Gasteiger partial charge is 0.288 e. The van der Waals surface area contributed by atoms with Gasteiger partial charge in [-0.3, -0.25) is 0 Å². The quantitative estimate of drug-likeness (QED) is 0.865. The third-order valence-electron chi connectivity index (χ3n) is 2.45. The van der Waals surface area contributed by atoms with Crippen LogP contribution in [0.3, 0.4) is 0 Å². The van der Waals surface area contributed by atoms with Crippen molar-refractivity contribution in [1.82, 2.24) is 9.97 Å². The number of anilines is 1. The minimum atomic E-state index is -2.40. The number of benzene rings is 1. The lowest BCUT2D eigenvalue weighted by Gasteiger charge is -2.06. The summed E-state index contributed by atoms with van der Waals surface area (Å²) in [6, 6.07) is 8.76. The lowest BCUT2D eigenvalue weighted by Crippen LogP contribution is -1.99. The van der Waals surface area contributed by atoms with Crippen molar-refractivity contribution in [2.75, 3.05) is 12.4 Å². The molecule has 1 aromatic carbocycles. The number of nitrogens with one attached hydrogen (secondary N) is 1. The van der Waals surface area contributed by atoms with Crippen LogP contribution in [0.1, 0.15) is 5.69 Å². The van der Waals surface area contributed by atoms with Crippen molar-refractivity contribution in [2.24, 2.45) is 0 Å². The molecule has 0 aliphatic heterocycles. The summed E-state index contributed by atoms with van der Waals surface area (Å²) in [7, 11) is 1.75. The Morgan fingerprint density at radius 1 is 1.16 bits per heavy atom. The molecule has 1 N–H and O–H groups in total. The topological polar surface area (TPSA) is 37.8 Å². The average molecular weight is 281 g/mol. The van der Waals surface area contributed by atoms with Crippen LogP contribution in [-0.4, -0.2) is 22.8 Å². The lowest BCUT2D eigenvalue weighted by molar-refractivity contribution is 0.252. The Bertz CT molecular complexity index is 558. The first-order valence-electron chi connectivity index (χ1n) is 5.67. The number of halogens is 2. The predicted molar refractivity (Wildman–Crippen MR) is 73.6 cm³/mol. The second-order valence-corrected chi connectivity index (χ2v) is 4.93. The molecule has 0 amide bonds. The molecule has 1 heterocycles. The average Bonchev–Trinajstić information content (AvgIpc) is 2.38. The fourth-order valence-electron chi connectivity index (χ4n) is 1.64. The fraction of sp³-hybridized carbons (Fsp3) is 0.231. The molecular formula is C13H13F2N3S. The van der Waals surface area contributed by atoms with Crippen molar-refractivity contribution in [3.05, 3.63) is 36.0 Å². The van der Waals surface area contributed by atoms with Crippen molar-refractivity contribution in [2.45, 2.75) is 17.6 Å². The zero-order chi connectivity index (χ0) is 13.8. The molecular weight excluding hydrogens is 268 g/mol. The van der Waals surface area contributed by atoms with Crippen LogP contribution >= 0.6 is 11.8 Å². The minimum Gasteiger partial charge on any atom is -0.357 e. The third kappa shape index (κ3) is 3.64. The van der Waals surface area contributed by atoms with Crippen LogP contribution in [0.25, 0.3) is 11.3 Å². The van der Waals surface area contributed by atoms with Crippen molar-refractivity contribution in [3.8, 4) is 11.3 Å². The minimum absolute atomic E-state index is 0.535. The van der Waals surface area contributed by atoms with E-state index in [1.807, 2.05) is 13.0 Å². The second-order valence-electron chi connectivity index (χ2n) is 3.87. The zero-order valence-electron chi connectivity index (χ0n) is 10.5. The number of aryl methyl sites for hydroxylation is 1. The molecule has 0 aliphatic rings. The Morgan fingerprint density at radius 2 is 1.84 bits per heavy atom. The summed E-state index contributed by atoms with van der Waals surface area (Å²) in [5, 5.41) is 2.89. The van der Waals surface area contributed by atoms with Gasteiger partial charge in [0.15, 0.2) is 0 Å². The van der Waals surface area contributed by atoms with E-state index in [9.17, 15) is 8.78 Å². The van der Waals surface area contributed by atoms with Crippen LogP contribution in [0.4, 0.5) is 14.7 Å². The molecule has 6 heteroatoms. The molecule has 1 aromatic heterocycles. The van der Waals surface area contributed by atoms with Gasteiger partial charge in [0, 0.05) is 23.2 Å². The molecule has 0 aliphatic carbocycles. The number of rotatable bonds is 4. The van der Waals surface area contributed by atoms with Gasteiger partial charge in [0.1, 0.15) is 0 Å². The zero-order valence-corrected chi connectivity index (χ0v) is 11.3. The van der Waals surface area contributed by atoms with E-state index >= 15 is 0 Å². The van der Waals surface area contributed by atoms with Gasteiger partial charge >= 0.3 is 0 Å². The number of hydrogen-bond acceptors (Lipinski definition) is 4. The molecule has 0 bridgehead atoms. The summed E-state index contributed by atoms with van der Waals surface area (Å²) >= 11 is 0.535. The maximum atomic E-state index is 12.2. The van der Waals surface area contributed by atoms with Crippen LogP contribution < -0.4 is 5.32 Å². The van der Waals surface area contributed by atoms with E-state index in [0.717, 1.165) is 17.0 Å². The van der Waals surface area contributed by atoms with Gasteiger partial charge in [-0.15, -0.1) is 0 Å². The van der Waals surface area contributed by atoms with Gasteiger partial charge in [0.2, 0.25) is 5.95 Å². The van der Waals surface area contributed by atoms with E-state index in [2.05, 4.69) is 15.3 Å². The Hall–Kier alpha value is -1.69. The highest BCUT2D eigenvalue weighted by Gasteiger charge is 2.07. The van der Waals surface area contributed by atoms with Crippen molar-refractivity contribution in [1.29, 1.82) is 0 Å². The monoisotopic (exact) mass is 281 g/mol. The fourth-order valence-corrected chi connectivity index (χ4v) is 2.13. The van der Waals surface area contributed by atoms with Crippen molar-refractivity contribution in [3.63, 3.8) is 0 Å². The van der Waals surface area contributed by atoms with Gasteiger partial charge in [0.25, 0.3) is 5.76 Å². The maximum absolute atomic E-state index is 12.2. The van der Waals surface area contributed by atoms with E-state index < -0.39 is 5.76 Å². The number of alkyl halides is 2. The van der Waals surface area contributed by atoms with E-state index in [0.29, 0.717) is 22.6 Å². The summed E-state index contributed by atoms with van der Waals surface area (Å²) < 4.78 is 24.5. The van der Waals surface area contributed by atoms with Gasteiger partial charge in [-0.1, -0.05) is 23.9 Å². The van der Waals surface area contributed by atoms with Gasteiger partial charge in [-0.2, -0.15) is 8.78 Å². The summed E-state index contributed by atoms with van der Waals surface area (Å²) in [6.07, 6.45) is 0. The number of aromatic nitrogens is 2. The maximum Gasteiger partial charge on any atom is 0.288 e. The van der Waals surface area contributed by atoms with Crippen molar-refractivity contribution < 1.29 is 8.78 Å². The molecule has 3 nitrogen and oxygen atoms in total. The Morgan fingerprint density at radius 3 is 2.42 bits per heavy atom. The standard InChI is InChI=1S/C13H13F2N3S/c1-8-7-11(18-13(16-2)17-8)9-3-5-10(6-4-9)19-12(14)15/h3-7,12H,1-2H3,(H,16,17,18). The molecule has 0 atom stereocenters. The first-order valence-corrected chi connectivity index (χ1v) is 6.55. The summed E-state index contributed by atoms with van der Waals surface area (Å²) in [4.78, 5) is 9.09. The van der Waals surface area contributed by atoms with Crippen LogP contribution in [0.2, 0.25) is 0 Å². The van der Waals surface area contributed by atoms with E-state index in [-0.39, 0.29) is 0 Å². The highest BCUT2D eigenvalue weighted by atomic mass is 32.2. The molecule has 0 spiro atoms. The molecule has 19 heavy (non-hydrogen) atoms. The SMILES string of the molecule is CNc1nc(C)cc(-c2ccc(SC(F)F)cc2)n1. The Kier molecular flexibility index (Phi) is 4.31. The first kappa shape index (κ1) is 13.7. The first-order chi connectivity index (χ1) is 9.08. The molecule has 0 fully saturated rings. The van der Waals surface area contributed by atoms with Crippen LogP contribution in [0.5, 0.6) is 0 Å². The summed E-state index contributed by atoms with van der Waals surface area (Å²) in [5.74, 6) is -1.86. The van der Waals surface area contributed by atoms with Crippen LogP contribution in [-0.2, 0) is 0 Å². The second kappa shape index (κ2) is 5.97. The molecule has 100 valence electrons. The molecule has 2 aromatic rings. The van der Waals surface area contributed by atoms with Gasteiger partial charge < -0.3 is 5.32 Å². The molecule has 0 saturated carbocycles. The number of nitrogens with zero attached hydrogens (tertiary/aromatic N) is 2. The molecule has 2 rings (SSSR count). The van der Waals surface area contributed by atoms with Crippen LogP contribution in [0, 0.1) is 6.92 Å². The van der Waals surface area contributed by atoms with Gasteiger partial charge in [-0.25, -0.2) is 9.97 Å². The van der Waals surface area contributed by atoms with E-state index in [1.54, 1.807) is 31.3 Å². The Labute approximate surface area is 114 Å². The van der Waals surface area contributed by atoms with Crippen molar-refractivity contribution >= 4 is 17.7 Å². The molecule has 0 saturated heterocycles. The van der Waals surface area contributed by atoms with Gasteiger partial charge in [-0.05, 0) is 25.1 Å². The molecule has 0 radical (unpaired) electrons. The Balaban J connectivity index is 2.29. The largest absolute Gasteiger partial charge is 0.357 e. The van der Waals surface area contributed by atoms with E-state index in [4.69, 9.17) is 0 Å². The number of thioether (sulfide) groups is 1. The van der Waals surface area contributed by atoms with E-state index in [1.165, 1.54) is 0 Å². The number of hydrogen-bond donors (Lipinski definition) is 1. The highest BCUT2D eigenvalue weighted by molar-refractivity contribution is 7.99. The molecule has 0 unspecified atom stereocenters.